The van der Waals surface area contributed by atoms with Gasteiger partial charge in [0.2, 0.25) is 0 Å². The molecule has 1 aliphatic carbocycles. The van der Waals surface area contributed by atoms with Crippen molar-refractivity contribution in [1.82, 2.24) is 10.6 Å². The van der Waals surface area contributed by atoms with Gasteiger partial charge in [-0.3, -0.25) is 0 Å². The van der Waals surface area contributed by atoms with Crippen LogP contribution in [-0.2, 0) is 9.53 Å². The lowest BCUT2D eigenvalue weighted by atomic mass is 9.98. The van der Waals surface area contributed by atoms with Gasteiger partial charge in [0, 0.05) is 13.2 Å². The number of rotatable bonds is 8. The molecular weight excluding hydrogens is 260 g/mol. The fraction of sp³-hybridized carbons (Fsp3) is 0.857. The van der Waals surface area contributed by atoms with Crippen LogP contribution in [0.4, 0.5) is 4.79 Å². The van der Waals surface area contributed by atoms with Gasteiger partial charge in [0.1, 0.15) is 5.54 Å². The molecule has 0 aliphatic heterocycles. The highest BCUT2D eigenvalue weighted by Gasteiger charge is 2.42. The zero-order valence-electron chi connectivity index (χ0n) is 12.4. The molecule has 1 saturated carbocycles. The number of carboxylic acid groups (broad SMARTS) is 1. The monoisotopic (exact) mass is 286 g/mol. The van der Waals surface area contributed by atoms with Gasteiger partial charge in [0.15, 0.2) is 0 Å². The van der Waals surface area contributed by atoms with E-state index in [4.69, 9.17) is 4.74 Å². The summed E-state index contributed by atoms with van der Waals surface area (Å²) in [7, 11) is 0. The van der Waals surface area contributed by atoms with E-state index < -0.39 is 11.5 Å². The third kappa shape index (κ3) is 5.36. The Hall–Kier alpha value is -1.30. The van der Waals surface area contributed by atoms with E-state index in [-0.39, 0.29) is 12.1 Å². The van der Waals surface area contributed by atoms with E-state index in [1.54, 1.807) is 0 Å². The zero-order chi connectivity index (χ0) is 15.0. The van der Waals surface area contributed by atoms with E-state index in [1.807, 2.05) is 13.8 Å². The Kier molecular flexibility index (Phi) is 6.78. The molecule has 0 spiro atoms. The van der Waals surface area contributed by atoms with Crippen molar-refractivity contribution in [2.45, 2.75) is 64.0 Å². The maximum atomic E-state index is 11.7. The molecule has 20 heavy (non-hydrogen) atoms. The summed E-state index contributed by atoms with van der Waals surface area (Å²) in [5.74, 6) is -0.935. The molecule has 0 heterocycles. The molecule has 0 unspecified atom stereocenters. The summed E-state index contributed by atoms with van der Waals surface area (Å²) in [6.45, 7) is 5.18. The summed E-state index contributed by atoms with van der Waals surface area (Å²) in [6.07, 6.45) is 4.64. The van der Waals surface area contributed by atoms with Crippen molar-refractivity contribution >= 4 is 12.0 Å². The number of carboxylic acids is 1. The lowest BCUT2D eigenvalue weighted by Gasteiger charge is -2.25. The van der Waals surface area contributed by atoms with Crippen LogP contribution in [-0.4, -0.2) is 41.9 Å². The van der Waals surface area contributed by atoms with Crippen LogP contribution in [0.1, 0.15) is 52.4 Å². The maximum absolute atomic E-state index is 11.7. The molecule has 3 N–H and O–H groups in total. The van der Waals surface area contributed by atoms with Crippen molar-refractivity contribution in [2.75, 3.05) is 13.2 Å². The highest BCUT2D eigenvalue weighted by molar-refractivity contribution is 5.86. The van der Waals surface area contributed by atoms with Crippen molar-refractivity contribution in [1.29, 1.82) is 0 Å². The van der Waals surface area contributed by atoms with Crippen LogP contribution in [0.15, 0.2) is 0 Å². The average Bonchev–Trinajstić information content (AvgIpc) is 2.83. The minimum atomic E-state index is -1.06. The summed E-state index contributed by atoms with van der Waals surface area (Å²) in [5, 5.41) is 14.6. The summed E-state index contributed by atoms with van der Waals surface area (Å²) >= 11 is 0. The van der Waals surface area contributed by atoms with Crippen LogP contribution in [0.3, 0.4) is 0 Å². The van der Waals surface area contributed by atoms with Gasteiger partial charge in [-0.2, -0.15) is 0 Å². The van der Waals surface area contributed by atoms with Gasteiger partial charge in [0.05, 0.1) is 6.10 Å². The number of carbonyl (C=O) groups excluding carboxylic acids is 1. The first-order valence-corrected chi connectivity index (χ1v) is 7.37. The Balaban J connectivity index is 2.18. The quantitative estimate of drug-likeness (QED) is 0.595. The Morgan fingerprint density at radius 1 is 1.25 bits per heavy atom. The van der Waals surface area contributed by atoms with Gasteiger partial charge in [-0.1, -0.05) is 12.8 Å². The molecule has 0 atom stereocenters. The first-order chi connectivity index (χ1) is 9.46. The van der Waals surface area contributed by atoms with Crippen LogP contribution < -0.4 is 10.6 Å². The minimum Gasteiger partial charge on any atom is -0.480 e. The van der Waals surface area contributed by atoms with Crippen LogP contribution in [0.25, 0.3) is 0 Å². The van der Waals surface area contributed by atoms with Crippen LogP contribution >= 0.6 is 0 Å². The molecule has 0 aromatic heterocycles. The number of nitrogens with one attached hydrogen (secondary N) is 2. The standard InChI is InChI=1S/C14H26N2O4/c1-11(2)20-10-6-5-9-15-13(19)16-14(12(17)18)7-3-4-8-14/h11H,3-10H2,1-2H3,(H,17,18)(H2,15,16,19). The molecule has 0 aromatic rings. The van der Waals surface area contributed by atoms with Gasteiger partial charge >= 0.3 is 12.0 Å². The number of hydrogen-bond acceptors (Lipinski definition) is 3. The molecule has 0 radical (unpaired) electrons. The van der Waals surface area contributed by atoms with Gasteiger partial charge < -0.3 is 20.5 Å². The fourth-order valence-corrected chi connectivity index (χ4v) is 2.38. The third-order valence-corrected chi connectivity index (χ3v) is 3.53. The van der Waals surface area contributed by atoms with E-state index in [0.29, 0.717) is 26.0 Å². The number of unbranched alkanes of at least 4 members (excludes halogenated alkanes) is 1. The summed E-state index contributed by atoms with van der Waals surface area (Å²) in [4.78, 5) is 23.0. The van der Waals surface area contributed by atoms with E-state index in [1.165, 1.54) is 0 Å². The van der Waals surface area contributed by atoms with Crippen LogP contribution in [0, 0.1) is 0 Å². The molecule has 0 aromatic carbocycles. The molecule has 1 rings (SSSR count). The average molecular weight is 286 g/mol. The molecule has 6 nitrogen and oxygen atoms in total. The summed E-state index contributed by atoms with van der Waals surface area (Å²) in [5.41, 5.74) is -1.06. The zero-order valence-corrected chi connectivity index (χ0v) is 12.4. The first kappa shape index (κ1) is 16.8. The Bertz CT molecular complexity index is 325. The smallest absolute Gasteiger partial charge is 0.329 e. The van der Waals surface area contributed by atoms with Crippen LogP contribution in [0.5, 0.6) is 0 Å². The molecule has 1 fully saturated rings. The highest BCUT2D eigenvalue weighted by Crippen LogP contribution is 2.29. The molecule has 6 heteroatoms. The van der Waals surface area contributed by atoms with Crippen molar-refractivity contribution in [3.05, 3.63) is 0 Å². The second-order valence-electron chi connectivity index (χ2n) is 5.60. The van der Waals surface area contributed by atoms with Gasteiger partial charge in [-0.05, 0) is 39.5 Å². The predicted molar refractivity (Wildman–Crippen MR) is 75.7 cm³/mol. The fourth-order valence-electron chi connectivity index (χ4n) is 2.38. The van der Waals surface area contributed by atoms with E-state index in [9.17, 15) is 14.7 Å². The second kappa shape index (κ2) is 8.09. The number of hydrogen-bond donors (Lipinski definition) is 3. The van der Waals surface area contributed by atoms with E-state index in [2.05, 4.69) is 10.6 Å². The van der Waals surface area contributed by atoms with Gasteiger partial charge in [-0.15, -0.1) is 0 Å². The van der Waals surface area contributed by atoms with E-state index >= 15 is 0 Å². The topological polar surface area (TPSA) is 87.7 Å². The van der Waals surface area contributed by atoms with Crippen molar-refractivity contribution in [3.63, 3.8) is 0 Å². The summed E-state index contributed by atoms with van der Waals surface area (Å²) < 4.78 is 5.40. The van der Waals surface area contributed by atoms with Gasteiger partial charge in [-0.25, -0.2) is 9.59 Å². The predicted octanol–water partition coefficient (Wildman–Crippen LogP) is 1.89. The molecular formula is C14H26N2O4. The first-order valence-electron chi connectivity index (χ1n) is 7.37. The Labute approximate surface area is 120 Å². The van der Waals surface area contributed by atoms with E-state index in [0.717, 1.165) is 25.7 Å². The van der Waals surface area contributed by atoms with Gasteiger partial charge in [0.25, 0.3) is 0 Å². The minimum absolute atomic E-state index is 0.226. The maximum Gasteiger partial charge on any atom is 0.329 e. The molecule has 1 aliphatic rings. The van der Waals surface area contributed by atoms with Crippen molar-refractivity contribution in [3.8, 4) is 0 Å². The SMILES string of the molecule is CC(C)OCCCCNC(=O)NC1(C(=O)O)CCCC1. The lowest BCUT2D eigenvalue weighted by molar-refractivity contribution is -0.144. The molecule has 116 valence electrons. The highest BCUT2D eigenvalue weighted by atomic mass is 16.5. The van der Waals surface area contributed by atoms with Crippen molar-refractivity contribution < 1.29 is 19.4 Å². The third-order valence-electron chi connectivity index (χ3n) is 3.53. The lowest BCUT2D eigenvalue weighted by Crippen LogP contribution is -2.55. The normalized spacial score (nSPS) is 17.1. The van der Waals surface area contributed by atoms with Crippen LogP contribution in [0.2, 0.25) is 0 Å². The molecule has 0 saturated heterocycles. The summed E-state index contributed by atoms with van der Waals surface area (Å²) in [6, 6.07) is -0.390. The largest absolute Gasteiger partial charge is 0.480 e. The molecule has 2 amide bonds. The van der Waals surface area contributed by atoms with Crippen molar-refractivity contribution in [2.24, 2.45) is 0 Å². The number of aliphatic carboxylic acids is 1. The Morgan fingerprint density at radius 3 is 2.45 bits per heavy atom. The number of carbonyl (C=O) groups is 2. The number of ether oxygens (including phenoxy) is 1. The molecule has 0 bridgehead atoms. The number of amides is 2. The Morgan fingerprint density at radius 2 is 1.90 bits per heavy atom. The number of urea groups is 1. The second-order valence-corrected chi connectivity index (χ2v) is 5.60.